The molecular weight excluding hydrogens is 371 g/mol. The van der Waals surface area contributed by atoms with Gasteiger partial charge < -0.3 is 15.3 Å². The second kappa shape index (κ2) is 7.47. The van der Waals surface area contributed by atoms with Gasteiger partial charge in [-0.3, -0.25) is 4.79 Å². The van der Waals surface area contributed by atoms with Crippen molar-refractivity contribution in [3.8, 4) is 0 Å². The predicted molar refractivity (Wildman–Crippen MR) is 109 cm³/mol. The summed E-state index contributed by atoms with van der Waals surface area (Å²) in [5.74, 6) is 0.464. The maximum absolute atomic E-state index is 15.5. The Hall–Kier alpha value is -0.680. The first kappa shape index (κ1) is 21.5. The number of hydrogen-bond acceptors (Lipinski definition) is 3. The van der Waals surface area contributed by atoms with E-state index < -0.39 is 24.3 Å². The Morgan fingerprint density at radius 1 is 1.03 bits per heavy atom. The SMILES string of the molecule is C[C@H](CCC(=O)O)[C@H]1CC[C@H]2[C@@H]3[C@H](O)C(F)[C@H]4C[C@H](O)CC[C@]4(C)[C@H]3CC[C@]12C. The van der Waals surface area contributed by atoms with E-state index in [9.17, 15) is 15.0 Å². The molecule has 4 aliphatic rings. The van der Waals surface area contributed by atoms with E-state index in [0.717, 1.165) is 38.5 Å². The maximum atomic E-state index is 15.5. The quantitative estimate of drug-likeness (QED) is 0.641. The van der Waals surface area contributed by atoms with Crippen LogP contribution in [0.2, 0.25) is 0 Å². The molecule has 0 bridgehead atoms. The van der Waals surface area contributed by atoms with Crippen LogP contribution in [0.1, 0.15) is 78.6 Å². The summed E-state index contributed by atoms with van der Waals surface area (Å²) in [5, 5.41) is 30.4. The molecule has 4 nitrogen and oxygen atoms in total. The zero-order chi connectivity index (χ0) is 21.1. The van der Waals surface area contributed by atoms with Crippen molar-refractivity contribution in [3.63, 3.8) is 0 Å². The molecule has 0 aliphatic heterocycles. The monoisotopic (exact) mass is 410 g/mol. The lowest BCUT2D eigenvalue weighted by atomic mass is 9.43. The highest BCUT2D eigenvalue weighted by Crippen LogP contribution is 2.68. The van der Waals surface area contributed by atoms with Crippen molar-refractivity contribution in [2.75, 3.05) is 0 Å². The molecule has 11 atom stereocenters. The first-order valence-electron chi connectivity index (χ1n) is 11.8. The lowest BCUT2D eigenvalue weighted by Gasteiger charge is -2.63. The molecule has 166 valence electrons. The zero-order valence-corrected chi connectivity index (χ0v) is 18.2. The number of carboxylic acid groups (broad SMARTS) is 1. The van der Waals surface area contributed by atoms with Crippen LogP contribution in [0, 0.1) is 46.3 Å². The number of rotatable bonds is 4. The molecule has 0 aromatic heterocycles. The molecule has 1 unspecified atom stereocenters. The molecular formula is C24H39FO4. The third-order valence-electron chi connectivity index (χ3n) is 10.2. The lowest BCUT2D eigenvalue weighted by Crippen LogP contribution is -2.63. The topological polar surface area (TPSA) is 77.8 Å². The fourth-order valence-corrected chi connectivity index (χ4v) is 8.72. The van der Waals surface area contributed by atoms with Crippen molar-refractivity contribution >= 4 is 5.97 Å². The minimum atomic E-state index is -1.25. The number of halogens is 1. The van der Waals surface area contributed by atoms with Crippen molar-refractivity contribution in [2.45, 2.75) is 96.9 Å². The molecule has 4 saturated carbocycles. The number of aliphatic hydroxyl groups excluding tert-OH is 2. The smallest absolute Gasteiger partial charge is 0.303 e. The fraction of sp³-hybridized carbons (Fsp3) is 0.958. The van der Waals surface area contributed by atoms with Gasteiger partial charge >= 0.3 is 5.97 Å². The molecule has 4 fully saturated rings. The van der Waals surface area contributed by atoms with E-state index in [1.165, 1.54) is 0 Å². The Kier molecular flexibility index (Phi) is 5.55. The molecule has 5 heteroatoms. The Morgan fingerprint density at radius 2 is 1.69 bits per heavy atom. The summed E-state index contributed by atoms with van der Waals surface area (Å²) < 4.78 is 15.5. The van der Waals surface area contributed by atoms with Crippen molar-refractivity contribution in [2.24, 2.45) is 46.3 Å². The molecule has 0 heterocycles. The lowest BCUT2D eigenvalue weighted by molar-refractivity contribution is -0.206. The van der Waals surface area contributed by atoms with E-state index in [1.807, 2.05) is 0 Å². The summed E-state index contributed by atoms with van der Waals surface area (Å²) in [6.07, 6.45) is 4.57. The Labute approximate surface area is 174 Å². The van der Waals surface area contributed by atoms with Gasteiger partial charge in [-0.25, -0.2) is 4.39 Å². The van der Waals surface area contributed by atoms with Crippen LogP contribution in [-0.4, -0.2) is 39.7 Å². The fourth-order valence-electron chi connectivity index (χ4n) is 8.72. The van der Waals surface area contributed by atoms with Gasteiger partial charge in [0.1, 0.15) is 6.17 Å². The van der Waals surface area contributed by atoms with Crippen LogP contribution < -0.4 is 0 Å². The second-order valence-corrected chi connectivity index (χ2v) is 11.4. The van der Waals surface area contributed by atoms with Gasteiger partial charge in [0.2, 0.25) is 0 Å². The summed E-state index contributed by atoms with van der Waals surface area (Å²) in [5.41, 5.74) is -0.0615. The number of carbonyl (C=O) groups is 1. The van der Waals surface area contributed by atoms with Crippen LogP contribution in [-0.2, 0) is 4.79 Å². The third kappa shape index (κ3) is 3.26. The van der Waals surface area contributed by atoms with E-state index >= 15 is 4.39 Å². The van der Waals surface area contributed by atoms with Crippen LogP contribution in [0.4, 0.5) is 4.39 Å². The van der Waals surface area contributed by atoms with Gasteiger partial charge in [-0.2, -0.15) is 0 Å². The zero-order valence-electron chi connectivity index (χ0n) is 18.2. The predicted octanol–water partition coefficient (Wildman–Crippen LogP) is 4.43. The van der Waals surface area contributed by atoms with Crippen LogP contribution in [0.3, 0.4) is 0 Å². The van der Waals surface area contributed by atoms with Crippen molar-refractivity contribution in [1.82, 2.24) is 0 Å². The highest BCUT2D eigenvalue weighted by atomic mass is 19.1. The minimum absolute atomic E-state index is 0.00285. The first-order chi connectivity index (χ1) is 13.6. The number of carboxylic acids is 1. The molecule has 0 saturated heterocycles. The minimum Gasteiger partial charge on any atom is -0.481 e. The molecule has 3 N–H and O–H groups in total. The average Bonchev–Trinajstić information content (AvgIpc) is 3.02. The maximum Gasteiger partial charge on any atom is 0.303 e. The number of alkyl halides is 1. The van der Waals surface area contributed by atoms with Gasteiger partial charge in [0.15, 0.2) is 0 Å². The normalized spacial score (nSPS) is 52.9. The van der Waals surface area contributed by atoms with Crippen LogP contribution >= 0.6 is 0 Å². The first-order valence-corrected chi connectivity index (χ1v) is 11.8. The summed E-state index contributed by atoms with van der Waals surface area (Å²) >= 11 is 0. The van der Waals surface area contributed by atoms with E-state index in [4.69, 9.17) is 5.11 Å². The third-order valence-corrected chi connectivity index (χ3v) is 10.2. The van der Waals surface area contributed by atoms with Crippen LogP contribution in [0.25, 0.3) is 0 Å². The van der Waals surface area contributed by atoms with Crippen molar-refractivity contribution in [1.29, 1.82) is 0 Å². The number of aliphatic hydroxyl groups is 2. The Balaban J connectivity index is 1.59. The van der Waals surface area contributed by atoms with E-state index in [2.05, 4.69) is 20.8 Å². The van der Waals surface area contributed by atoms with Gasteiger partial charge in [-0.15, -0.1) is 0 Å². The summed E-state index contributed by atoms with van der Waals surface area (Å²) in [7, 11) is 0. The van der Waals surface area contributed by atoms with Gasteiger partial charge in [0, 0.05) is 12.3 Å². The Morgan fingerprint density at radius 3 is 2.38 bits per heavy atom. The number of fused-ring (bicyclic) bond motifs is 5. The molecule has 29 heavy (non-hydrogen) atoms. The molecule has 0 amide bonds. The van der Waals surface area contributed by atoms with Gasteiger partial charge in [0.25, 0.3) is 0 Å². The molecule has 0 radical (unpaired) electrons. The standard InChI is InChI=1S/C24H39FO4/c1-13(4-7-19(27)28)15-5-6-16-20-17(9-11-23(15,16)2)24(3)10-8-14(26)12-18(24)21(25)22(20)29/h13-18,20-22,26,29H,4-12H2,1-3H3,(H,27,28)/t13-,14-,15-,16+,17+,18-,20+,21?,22+,23-,24-/m1/s1. The summed E-state index contributed by atoms with van der Waals surface area (Å²) in [4.78, 5) is 11.0. The molecule has 4 aliphatic carbocycles. The van der Waals surface area contributed by atoms with Crippen molar-refractivity contribution < 1.29 is 24.5 Å². The highest BCUT2D eigenvalue weighted by Gasteiger charge is 2.65. The molecule has 0 spiro atoms. The van der Waals surface area contributed by atoms with Crippen LogP contribution in [0.15, 0.2) is 0 Å². The molecule has 0 aromatic carbocycles. The van der Waals surface area contributed by atoms with E-state index in [-0.39, 0.29) is 29.1 Å². The van der Waals surface area contributed by atoms with Gasteiger partial charge in [0.05, 0.1) is 12.2 Å². The number of aliphatic carboxylic acids is 1. The van der Waals surface area contributed by atoms with Gasteiger partial charge in [-0.1, -0.05) is 20.8 Å². The molecule has 0 aromatic rings. The largest absolute Gasteiger partial charge is 0.481 e. The summed E-state index contributed by atoms with van der Waals surface area (Å²) in [6, 6.07) is 0. The van der Waals surface area contributed by atoms with Crippen molar-refractivity contribution in [3.05, 3.63) is 0 Å². The van der Waals surface area contributed by atoms with E-state index in [0.29, 0.717) is 36.5 Å². The second-order valence-electron chi connectivity index (χ2n) is 11.4. The van der Waals surface area contributed by atoms with Crippen LogP contribution in [0.5, 0.6) is 0 Å². The van der Waals surface area contributed by atoms with Gasteiger partial charge in [-0.05, 0) is 91.8 Å². The Bertz CT molecular complexity index is 640. The average molecular weight is 411 g/mol. The highest BCUT2D eigenvalue weighted by molar-refractivity contribution is 5.66. The molecule has 4 rings (SSSR count). The van der Waals surface area contributed by atoms with E-state index in [1.54, 1.807) is 0 Å². The summed E-state index contributed by atoms with van der Waals surface area (Å²) in [6.45, 7) is 6.74. The number of hydrogen-bond donors (Lipinski definition) is 3.